The van der Waals surface area contributed by atoms with Crippen LogP contribution < -0.4 is 10.1 Å². The minimum absolute atomic E-state index is 0.0253. The molecule has 0 unspecified atom stereocenters. The molecule has 0 atom stereocenters. The zero-order chi connectivity index (χ0) is 17.0. The van der Waals surface area contributed by atoms with Crippen LogP contribution in [0.4, 0.5) is 5.69 Å². The third-order valence-electron chi connectivity index (χ3n) is 4.01. The topological polar surface area (TPSA) is 75.6 Å². The lowest BCUT2D eigenvalue weighted by Crippen LogP contribution is -2.29. The SMILES string of the molecule is CC(C)Oc1ccc(NC(=O)C2CCC(C(=O)O)CC2)cc1Cl. The molecule has 1 aliphatic rings. The van der Waals surface area contributed by atoms with Crippen LogP contribution in [0.2, 0.25) is 5.02 Å². The number of anilines is 1. The quantitative estimate of drug-likeness (QED) is 0.851. The van der Waals surface area contributed by atoms with Gasteiger partial charge < -0.3 is 15.2 Å². The summed E-state index contributed by atoms with van der Waals surface area (Å²) in [4.78, 5) is 23.2. The number of benzene rings is 1. The molecule has 23 heavy (non-hydrogen) atoms. The Balaban J connectivity index is 1.93. The highest BCUT2D eigenvalue weighted by molar-refractivity contribution is 6.32. The summed E-state index contributed by atoms with van der Waals surface area (Å²) in [6.07, 6.45) is 2.33. The summed E-state index contributed by atoms with van der Waals surface area (Å²) < 4.78 is 5.56. The number of hydrogen-bond acceptors (Lipinski definition) is 3. The van der Waals surface area contributed by atoms with Crippen LogP contribution in [0.1, 0.15) is 39.5 Å². The first-order valence-electron chi connectivity index (χ1n) is 7.86. The van der Waals surface area contributed by atoms with E-state index in [0.29, 0.717) is 42.1 Å². The summed E-state index contributed by atoms with van der Waals surface area (Å²) in [7, 11) is 0. The molecule has 0 aliphatic heterocycles. The molecule has 0 radical (unpaired) electrons. The summed E-state index contributed by atoms with van der Waals surface area (Å²) in [5.74, 6) is -0.725. The average molecular weight is 340 g/mol. The third-order valence-corrected chi connectivity index (χ3v) is 4.30. The molecule has 1 aliphatic carbocycles. The molecule has 1 amide bonds. The number of rotatable bonds is 5. The van der Waals surface area contributed by atoms with E-state index in [1.807, 2.05) is 13.8 Å². The molecule has 5 nitrogen and oxygen atoms in total. The van der Waals surface area contributed by atoms with Gasteiger partial charge in [-0.05, 0) is 57.7 Å². The molecule has 1 aromatic rings. The minimum Gasteiger partial charge on any atom is -0.489 e. The van der Waals surface area contributed by atoms with E-state index in [-0.39, 0.29) is 23.8 Å². The first kappa shape index (κ1) is 17.6. The van der Waals surface area contributed by atoms with Crippen molar-refractivity contribution in [2.24, 2.45) is 11.8 Å². The minimum atomic E-state index is -0.767. The second kappa shape index (κ2) is 7.68. The lowest BCUT2D eigenvalue weighted by atomic mass is 9.81. The van der Waals surface area contributed by atoms with Crippen molar-refractivity contribution < 1.29 is 19.4 Å². The van der Waals surface area contributed by atoms with Gasteiger partial charge in [0, 0.05) is 11.6 Å². The van der Waals surface area contributed by atoms with E-state index in [2.05, 4.69) is 5.32 Å². The van der Waals surface area contributed by atoms with Gasteiger partial charge in [-0.2, -0.15) is 0 Å². The monoisotopic (exact) mass is 339 g/mol. The molecule has 6 heteroatoms. The largest absolute Gasteiger partial charge is 0.489 e. The molecule has 0 heterocycles. The van der Waals surface area contributed by atoms with Gasteiger partial charge in [-0.1, -0.05) is 11.6 Å². The first-order chi connectivity index (χ1) is 10.9. The molecule has 0 saturated heterocycles. The number of carboxylic acid groups (broad SMARTS) is 1. The van der Waals surface area contributed by atoms with Crippen molar-refractivity contribution in [2.75, 3.05) is 5.32 Å². The van der Waals surface area contributed by atoms with Crippen LogP contribution in [0, 0.1) is 11.8 Å². The first-order valence-corrected chi connectivity index (χ1v) is 8.24. The number of carboxylic acids is 1. The maximum atomic E-state index is 12.3. The standard InChI is InChI=1S/C17H22ClNO4/c1-10(2)23-15-8-7-13(9-14(15)18)19-16(20)11-3-5-12(6-4-11)17(21)22/h7-12H,3-6H2,1-2H3,(H,19,20)(H,21,22). The number of hydrogen-bond donors (Lipinski definition) is 2. The third kappa shape index (κ3) is 4.86. The van der Waals surface area contributed by atoms with Gasteiger partial charge in [-0.15, -0.1) is 0 Å². The number of carbonyl (C=O) groups excluding carboxylic acids is 1. The molecule has 1 fully saturated rings. The van der Waals surface area contributed by atoms with E-state index in [0.717, 1.165) is 0 Å². The highest BCUT2D eigenvalue weighted by atomic mass is 35.5. The predicted molar refractivity (Wildman–Crippen MR) is 88.9 cm³/mol. The van der Waals surface area contributed by atoms with Crippen molar-refractivity contribution in [3.8, 4) is 5.75 Å². The zero-order valence-electron chi connectivity index (χ0n) is 13.3. The maximum absolute atomic E-state index is 12.3. The fourth-order valence-electron chi connectivity index (χ4n) is 2.77. The molecule has 1 aromatic carbocycles. The Hall–Kier alpha value is -1.75. The van der Waals surface area contributed by atoms with Crippen molar-refractivity contribution in [1.82, 2.24) is 0 Å². The number of nitrogens with one attached hydrogen (secondary N) is 1. The Kier molecular flexibility index (Phi) is 5.88. The molecule has 126 valence electrons. The summed E-state index contributed by atoms with van der Waals surface area (Å²) in [6.45, 7) is 3.83. The van der Waals surface area contributed by atoms with Crippen LogP contribution in [0.5, 0.6) is 5.75 Å². The van der Waals surface area contributed by atoms with Gasteiger partial charge in [0.15, 0.2) is 0 Å². The van der Waals surface area contributed by atoms with Crippen molar-refractivity contribution in [1.29, 1.82) is 0 Å². The number of aliphatic carboxylic acids is 1. The fourth-order valence-corrected chi connectivity index (χ4v) is 3.00. The molecular formula is C17H22ClNO4. The highest BCUT2D eigenvalue weighted by Gasteiger charge is 2.29. The van der Waals surface area contributed by atoms with Gasteiger partial charge in [0.25, 0.3) is 0 Å². The molecule has 2 N–H and O–H groups in total. The van der Waals surface area contributed by atoms with Crippen molar-refractivity contribution in [2.45, 2.75) is 45.6 Å². The summed E-state index contributed by atoms with van der Waals surface area (Å²) >= 11 is 6.16. The lowest BCUT2D eigenvalue weighted by molar-refractivity contribution is -0.143. The number of ether oxygens (including phenoxy) is 1. The Morgan fingerprint density at radius 3 is 2.35 bits per heavy atom. The second-order valence-corrected chi connectivity index (χ2v) is 6.60. The number of carbonyl (C=O) groups is 2. The predicted octanol–water partition coefficient (Wildman–Crippen LogP) is 3.96. The lowest BCUT2D eigenvalue weighted by Gasteiger charge is -2.25. The summed E-state index contributed by atoms with van der Waals surface area (Å²) in [5, 5.41) is 12.3. The molecule has 0 spiro atoms. The molecule has 0 bridgehead atoms. The van der Waals surface area contributed by atoms with E-state index < -0.39 is 5.97 Å². The molecule has 1 saturated carbocycles. The Labute approximate surface area is 141 Å². The summed E-state index contributed by atoms with van der Waals surface area (Å²) in [5.41, 5.74) is 0.622. The van der Waals surface area contributed by atoms with Crippen molar-refractivity contribution >= 4 is 29.2 Å². The second-order valence-electron chi connectivity index (χ2n) is 6.19. The van der Waals surface area contributed by atoms with Gasteiger partial charge >= 0.3 is 5.97 Å². The molecule has 2 rings (SSSR count). The van der Waals surface area contributed by atoms with Crippen LogP contribution in [0.15, 0.2) is 18.2 Å². The van der Waals surface area contributed by atoms with Gasteiger partial charge in [0.1, 0.15) is 5.75 Å². The smallest absolute Gasteiger partial charge is 0.306 e. The zero-order valence-corrected chi connectivity index (χ0v) is 14.1. The number of halogens is 1. The van der Waals surface area contributed by atoms with Crippen molar-refractivity contribution in [3.05, 3.63) is 23.2 Å². The van der Waals surface area contributed by atoms with Crippen molar-refractivity contribution in [3.63, 3.8) is 0 Å². The van der Waals surface area contributed by atoms with Gasteiger partial charge in [0.2, 0.25) is 5.91 Å². The van der Waals surface area contributed by atoms with Gasteiger partial charge in [-0.25, -0.2) is 0 Å². The Bertz CT molecular complexity index is 580. The molecular weight excluding hydrogens is 318 g/mol. The van der Waals surface area contributed by atoms with E-state index in [1.165, 1.54) is 0 Å². The maximum Gasteiger partial charge on any atom is 0.306 e. The Morgan fingerprint density at radius 2 is 1.83 bits per heavy atom. The highest BCUT2D eigenvalue weighted by Crippen LogP contribution is 2.31. The molecule has 0 aromatic heterocycles. The summed E-state index contributed by atoms with van der Waals surface area (Å²) in [6, 6.07) is 5.16. The van der Waals surface area contributed by atoms with E-state index in [1.54, 1.807) is 18.2 Å². The van der Waals surface area contributed by atoms with E-state index >= 15 is 0 Å². The van der Waals surface area contributed by atoms with Crippen LogP contribution in [0.25, 0.3) is 0 Å². The number of amides is 1. The van der Waals surface area contributed by atoms with Crippen LogP contribution >= 0.6 is 11.6 Å². The van der Waals surface area contributed by atoms with Gasteiger partial charge in [0.05, 0.1) is 17.0 Å². The van der Waals surface area contributed by atoms with E-state index in [4.69, 9.17) is 21.4 Å². The van der Waals surface area contributed by atoms with E-state index in [9.17, 15) is 9.59 Å². The van der Waals surface area contributed by atoms with Crippen LogP contribution in [-0.2, 0) is 9.59 Å². The van der Waals surface area contributed by atoms with Crippen LogP contribution in [-0.4, -0.2) is 23.1 Å². The average Bonchev–Trinajstić information content (AvgIpc) is 2.49. The normalized spacial score (nSPS) is 21.0. The van der Waals surface area contributed by atoms with Gasteiger partial charge in [-0.3, -0.25) is 9.59 Å². The Morgan fingerprint density at radius 1 is 1.22 bits per heavy atom. The van der Waals surface area contributed by atoms with Crippen LogP contribution in [0.3, 0.4) is 0 Å². The fraction of sp³-hybridized carbons (Fsp3) is 0.529.